The van der Waals surface area contributed by atoms with E-state index in [0.29, 0.717) is 22.2 Å². The summed E-state index contributed by atoms with van der Waals surface area (Å²) in [6.07, 6.45) is 4.64. The van der Waals surface area contributed by atoms with Crippen molar-refractivity contribution in [1.29, 1.82) is 0 Å². The molecule has 7 heteroatoms. The Bertz CT molecular complexity index is 913. The van der Waals surface area contributed by atoms with Gasteiger partial charge in [-0.3, -0.25) is 14.3 Å². The Morgan fingerprint density at radius 1 is 1.00 bits per heavy atom. The van der Waals surface area contributed by atoms with Crippen LogP contribution in [0.4, 0.5) is 4.39 Å². The van der Waals surface area contributed by atoms with Crippen molar-refractivity contribution in [3.8, 4) is 17.2 Å². The van der Waals surface area contributed by atoms with Gasteiger partial charge in [0.25, 0.3) is 5.56 Å². The zero-order valence-corrected chi connectivity index (χ0v) is 13.8. The van der Waals surface area contributed by atoms with E-state index < -0.39 is 0 Å². The molecule has 0 saturated carbocycles. The molecule has 5 nitrogen and oxygen atoms in total. The molecule has 0 N–H and O–H groups in total. The third kappa shape index (κ3) is 4.58. The summed E-state index contributed by atoms with van der Waals surface area (Å²) in [4.78, 5) is 16.1. The van der Waals surface area contributed by atoms with Crippen molar-refractivity contribution in [2.75, 3.05) is 13.2 Å². The van der Waals surface area contributed by atoms with Crippen LogP contribution in [0.3, 0.4) is 0 Å². The monoisotopic (exact) mass is 360 g/mol. The van der Waals surface area contributed by atoms with E-state index in [4.69, 9.17) is 21.1 Å². The zero-order valence-electron chi connectivity index (χ0n) is 13.1. The molecule has 0 unspecified atom stereocenters. The Labute approximate surface area is 148 Å². The Morgan fingerprint density at radius 2 is 1.72 bits per heavy atom. The molecule has 3 aromatic rings. The first-order chi connectivity index (χ1) is 12.1. The summed E-state index contributed by atoms with van der Waals surface area (Å²) < 4.78 is 25.3. The highest BCUT2D eigenvalue weighted by Gasteiger charge is 2.03. The van der Waals surface area contributed by atoms with Crippen LogP contribution in [0.5, 0.6) is 11.5 Å². The van der Waals surface area contributed by atoms with Gasteiger partial charge in [-0.2, -0.15) is 0 Å². The van der Waals surface area contributed by atoms with Gasteiger partial charge < -0.3 is 9.47 Å². The Balaban J connectivity index is 1.58. The minimum atomic E-state index is -0.355. The predicted octanol–water partition coefficient (Wildman–Crippen LogP) is 3.48. The standard InChI is InChI=1S/C18H14ClFN2O3/c19-13-9-17(12-21-11-13)25-8-7-24-16-5-6-22(18(23)10-16)15-3-1-14(20)2-4-15/h1-6,9-12H,7-8H2. The Hall–Kier alpha value is -2.86. The highest BCUT2D eigenvalue weighted by atomic mass is 35.5. The molecule has 3 rings (SSSR count). The topological polar surface area (TPSA) is 53.4 Å². The van der Waals surface area contributed by atoms with Crippen LogP contribution in [0.1, 0.15) is 0 Å². The molecule has 0 atom stereocenters. The van der Waals surface area contributed by atoms with E-state index in [-0.39, 0.29) is 24.6 Å². The molecule has 0 fully saturated rings. The number of halogens is 2. The first-order valence-electron chi connectivity index (χ1n) is 7.46. The number of nitrogens with zero attached hydrogens (tertiary/aromatic N) is 2. The lowest BCUT2D eigenvalue weighted by molar-refractivity contribution is 0.216. The lowest BCUT2D eigenvalue weighted by Gasteiger charge is -2.10. The fourth-order valence-electron chi connectivity index (χ4n) is 2.16. The van der Waals surface area contributed by atoms with Crippen molar-refractivity contribution >= 4 is 11.6 Å². The first-order valence-corrected chi connectivity index (χ1v) is 7.84. The van der Waals surface area contributed by atoms with Crippen LogP contribution >= 0.6 is 11.6 Å². The van der Waals surface area contributed by atoms with Crippen LogP contribution in [0.25, 0.3) is 5.69 Å². The predicted molar refractivity (Wildman–Crippen MR) is 92.2 cm³/mol. The van der Waals surface area contributed by atoms with Gasteiger partial charge in [0, 0.05) is 30.2 Å². The third-order valence-electron chi connectivity index (χ3n) is 3.30. The highest BCUT2D eigenvalue weighted by Crippen LogP contribution is 2.15. The van der Waals surface area contributed by atoms with E-state index in [1.807, 2.05) is 0 Å². The number of pyridine rings is 2. The lowest BCUT2D eigenvalue weighted by Crippen LogP contribution is -2.17. The number of benzene rings is 1. The van der Waals surface area contributed by atoms with Crippen LogP contribution in [-0.2, 0) is 0 Å². The Kier molecular flexibility index (Phi) is 5.30. The van der Waals surface area contributed by atoms with E-state index in [0.717, 1.165) is 0 Å². The van der Waals surface area contributed by atoms with Gasteiger partial charge in [0.2, 0.25) is 0 Å². The number of rotatable bonds is 6. The minimum Gasteiger partial charge on any atom is -0.490 e. The summed E-state index contributed by atoms with van der Waals surface area (Å²) in [5.41, 5.74) is 0.304. The van der Waals surface area contributed by atoms with E-state index in [1.54, 1.807) is 24.5 Å². The molecule has 0 bridgehead atoms. The van der Waals surface area contributed by atoms with E-state index in [2.05, 4.69) is 4.98 Å². The van der Waals surface area contributed by atoms with Crippen LogP contribution < -0.4 is 15.0 Å². The van der Waals surface area contributed by atoms with Crippen LogP contribution in [0.2, 0.25) is 5.02 Å². The van der Waals surface area contributed by atoms with Crippen molar-refractivity contribution in [1.82, 2.24) is 9.55 Å². The van der Waals surface area contributed by atoms with Crippen molar-refractivity contribution in [3.05, 3.63) is 82.2 Å². The summed E-state index contributed by atoms with van der Waals surface area (Å²) >= 11 is 5.81. The maximum Gasteiger partial charge on any atom is 0.258 e. The smallest absolute Gasteiger partial charge is 0.258 e. The molecular formula is C18H14ClFN2O3. The third-order valence-corrected chi connectivity index (χ3v) is 3.50. The average molecular weight is 361 g/mol. The van der Waals surface area contributed by atoms with E-state index >= 15 is 0 Å². The van der Waals surface area contributed by atoms with Crippen molar-refractivity contribution in [2.45, 2.75) is 0 Å². The molecule has 0 aliphatic heterocycles. The highest BCUT2D eigenvalue weighted by molar-refractivity contribution is 6.30. The van der Waals surface area contributed by atoms with Gasteiger partial charge in [0.1, 0.15) is 30.5 Å². The van der Waals surface area contributed by atoms with Crippen molar-refractivity contribution in [3.63, 3.8) is 0 Å². The Morgan fingerprint density at radius 3 is 2.40 bits per heavy atom. The van der Waals surface area contributed by atoms with Crippen LogP contribution in [0.15, 0.2) is 65.8 Å². The van der Waals surface area contributed by atoms with Crippen LogP contribution in [0, 0.1) is 5.82 Å². The van der Waals surface area contributed by atoms with Crippen molar-refractivity contribution in [2.24, 2.45) is 0 Å². The van der Waals surface area contributed by atoms with E-state index in [9.17, 15) is 9.18 Å². The summed E-state index contributed by atoms with van der Waals surface area (Å²) in [6, 6.07) is 10.3. The number of aromatic nitrogens is 2. The second kappa shape index (κ2) is 7.81. The summed E-state index contributed by atoms with van der Waals surface area (Å²) in [7, 11) is 0. The summed E-state index contributed by atoms with van der Waals surface area (Å²) in [5.74, 6) is 0.616. The maximum atomic E-state index is 13.0. The minimum absolute atomic E-state index is 0.256. The molecular weight excluding hydrogens is 347 g/mol. The molecule has 0 radical (unpaired) electrons. The van der Waals surface area contributed by atoms with Gasteiger partial charge in [0.05, 0.1) is 11.2 Å². The van der Waals surface area contributed by atoms with Crippen LogP contribution in [-0.4, -0.2) is 22.8 Å². The molecule has 25 heavy (non-hydrogen) atoms. The summed E-state index contributed by atoms with van der Waals surface area (Å²) in [5, 5.41) is 0.489. The molecule has 1 aromatic carbocycles. The first kappa shape index (κ1) is 17.0. The molecule has 0 aliphatic rings. The second-order valence-corrected chi connectivity index (χ2v) is 5.52. The van der Waals surface area contributed by atoms with Gasteiger partial charge in [0.15, 0.2) is 0 Å². The summed E-state index contributed by atoms with van der Waals surface area (Å²) in [6.45, 7) is 0.537. The fourth-order valence-corrected chi connectivity index (χ4v) is 2.32. The fraction of sp³-hybridized carbons (Fsp3) is 0.111. The molecule has 0 saturated heterocycles. The molecule has 2 heterocycles. The normalized spacial score (nSPS) is 10.5. The number of ether oxygens (including phenoxy) is 2. The molecule has 0 amide bonds. The van der Waals surface area contributed by atoms with Crippen molar-refractivity contribution < 1.29 is 13.9 Å². The average Bonchev–Trinajstić information content (AvgIpc) is 2.60. The molecule has 0 aliphatic carbocycles. The maximum absolute atomic E-state index is 13.0. The largest absolute Gasteiger partial charge is 0.490 e. The molecule has 0 spiro atoms. The SMILES string of the molecule is O=c1cc(OCCOc2cncc(Cl)c2)ccn1-c1ccc(F)cc1. The lowest BCUT2D eigenvalue weighted by atomic mass is 10.3. The number of hydrogen-bond acceptors (Lipinski definition) is 4. The van der Waals surface area contributed by atoms with Gasteiger partial charge in [-0.15, -0.1) is 0 Å². The van der Waals surface area contributed by atoms with Gasteiger partial charge in [-0.25, -0.2) is 4.39 Å². The zero-order chi connectivity index (χ0) is 17.6. The van der Waals surface area contributed by atoms with Gasteiger partial charge >= 0.3 is 0 Å². The molecule has 128 valence electrons. The van der Waals surface area contributed by atoms with Gasteiger partial charge in [-0.05, 0) is 30.3 Å². The molecule has 2 aromatic heterocycles. The quantitative estimate of drug-likeness (QED) is 0.631. The van der Waals surface area contributed by atoms with Gasteiger partial charge in [-0.1, -0.05) is 11.6 Å². The number of hydrogen-bond donors (Lipinski definition) is 0. The second-order valence-electron chi connectivity index (χ2n) is 5.08. The van der Waals surface area contributed by atoms with E-state index in [1.165, 1.54) is 41.1 Å².